The van der Waals surface area contributed by atoms with Gasteiger partial charge in [-0.25, -0.2) is 0 Å². The van der Waals surface area contributed by atoms with Gasteiger partial charge in [0.2, 0.25) is 0 Å². The van der Waals surface area contributed by atoms with Crippen LogP contribution in [0.25, 0.3) is 0 Å². The zero-order valence-electron chi connectivity index (χ0n) is 11.1. The summed E-state index contributed by atoms with van der Waals surface area (Å²) in [6.07, 6.45) is 9.61. The molecular weight excluding hydrogens is 266 g/mol. The first kappa shape index (κ1) is 14.8. The van der Waals surface area contributed by atoms with Crippen molar-refractivity contribution in [3.8, 4) is 0 Å². The van der Waals surface area contributed by atoms with E-state index in [0.29, 0.717) is 24.4 Å². The predicted octanol–water partition coefficient (Wildman–Crippen LogP) is 2.68. The van der Waals surface area contributed by atoms with E-state index in [1.54, 1.807) is 0 Å². The van der Waals surface area contributed by atoms with Gasteiger partial charge < -0.3 is 15.0 Å². The average molecular weight is 288 g/mol. The molecule has 2 aliphatic rings. The first-order chi connectivity index (χ1) is 8.76. The Morgan fingerprint density at radius 2 is 1.95 bits per heavy atom. The molecule has 1 aromatic rings. The van der Waals surface area contributed by atoms with Gasteiger partial charge in [0.25, 0.3) is 5.89 Å². The van der Waals surface area contributed by atoms with Crippen LogP contribution in [-0.2, 0) is 16.9 Å². The van der Waals surface area contributed by atoms with Crippen LogP contribution in [0.4, 0.5) is 0 Å². The first-order valence-corrected chi connectivity index (χ1v) is 7.00. The van der Waals surface area contributed by atoms with Crippen LogP contribution in [0.15, 0.2) is 4.52 Å². The highest BCUT2D eigenvalue weighted by Crippen LogP contribution is 2.36. The largest absolute Gasteiger partial charge is 0.368 e. The zero-order valence-corrected chi connectivity index (χ0v) is 12.0. The van der Waals surface area contributed by atoms with E-state index in [1.165, 1.54) is 19.3 Å². The maximum Gasteiger partial charge on any atom is 0.252 e. The van der Waals surface area contributed by atoms with Gasteiger partial charge in [-0.15, -0.1) is 12.4 Å². The number of nitrogens with zero attached hydrogens (tertiary/aromatic N) is 2. The van der Waals surface area contributed by atoms with E-state index < -0.39 is 0 Å². The quantitative estimate of drug-likeness (QED) is 0.921. The van der Waals surface area contributed by atoms with Gasteiger partial charge in [-0.05, 0) is 32.1 Å². The zero-order chi connectivity index (χ0) is 12.4. The number of nitrogens with two attached hydrogens (primary N) is 1. The van der Waals surface area contributed by atoms with Gasteiger partial charge in [0.15, 0.2) is 5.82 Å². The van der Waals surface area contributed by atoms with Crippen LogP contribution >= 0.6 is 12.4 Å². The molecule has 19 heavy (non-hydrogen) atoms. The Bertz CT molecular complexity index is 400. The molecule has 2 fully saturated rings. The van der Waals surface area contributed by atoms with Crippen molar-refractivity contribution in [3.63, 3.8) is 0 Å². The molecule has 3 rings (SSSR count). The molecule has 0 amide bonds. The van der Waals surface area contributed by atoms with E-state index >= 15 is 0 Å². The van der Waals surface area contributed by atoms with Crippen molar-refractivity contribution in [3.05, 3.63) is 11.7 Å². The molecule has 0 saturated heterocycles. The van der Waals surface area contributed by atoms with Crippen LogP contribution in [-0.4, -0.2) is 16.2 Å². The smallest absolute Gasteiger partial charge is 0.252 e. The molecule has 0 aliphatic heterocycles. The van der Waals surface area contributed by atoms with Gasteiger partial charge in [-0.3, -0.25) is 0 Å². The molecule has 0 spiro atoms. The highest BCUT2D eigenvalue weighted by molar-refractivity contribution is 5.85. The molecule has 0 bridgehead atoms. The summed E-state index contributed by atoms with van der Waals surface area (Å²) in [5, 5.41) is 3.98. The van der Waals surface area contributed by atoms with E-state index in [0.717, 1.165) is 32.1 Å². The summed E-state index contributed by atoms with van der Waals surface area (Å²) in [4.78, 5) is 4.36. The summed E-state index contributed by atoms with van der Waals surface area (Å²) >= 11 is 0. The maximum absolute atomic E-state index is 6.15. The number of halogens is 1. The van der Waals surface area contributed by atoms with E-state index in [-0.39, 0.29) is 17.9 Å². The van der Waals surface area contributed by atoms with Crippen LogP contribution in [0, 0.1) is 0 Å². The minimum atomic E-state index is -0.341. The maximum atomic E-state index is 6.15. The summed E-state index contributed by atoms with van der Waals surface area (Å²) in [6.45, 7) is 0.424. The van der Waals surface area contributed by atoms with E-state index in [2.05, 4.69) is 10.1 Å². The van der Waals surface area contributed by atoms with Gasteiger partial charge in [-0.2, -0.15) is 4.98 Å². The van der Waals surface area contributed by atoms with Gasteiger partial charge >= 0.3 is 0 Å². The molecule has 0 atom stereocenters. The molecule has 0 unspecified atom stereocenters. The highest BCUT2D eigenvalue weighted by atomic mass is 35.5. The highest BCUT2D eigenvalue weighted by Gasteiger charge is 2.39. The van der Waals surface area contributed by atoms with Crippen molar-refractivity contribution in [2.75, 3.05) is 0 Å². The molecule has 2 saturated carbocycles. The van der Waals surface area contributed by atoms with E-state index in [4.69, 9.17) is 15.0 Å². The molecule has 5 nitrogen and oxygen atoms in total. The first-order valence-electron chi connectivity index (χ1n) is 7.00. The molecule has 2 N–H and O–H groups in total. The Balaban J connectivity index is 0.00000133. The van der Waals surface area contributed by atoms with Gasteiger partial charge in [0, 0.05) is 0 Å². The van der Waals surface area contributed by atoms with Crippen molar-refractivity contribution >= 4 is 12.4 Å². The molecule has 0 aromatic carbocycles. The third-order valence-corrected chi connectivity index (χ3v) is 4.15. The van der Waals surface area contributed by atoms with Crippen LogP contribution in [0.2, 0.25) is 0 Å². The van der Waals surface area contributed by atoms with E-state index in [1.807, 2.05) is 0 Å². The third-order valence-electron chi connectivity index (χ3n) is 4.15. The molecule has 6 heteroatoms. The van der Waals surface area contributed by atoms with Gasteiger partial charge in [0.1, 0.15) is 6.61 Å². The summed E-state index contributed by atoms with van der Waals surface area (Å²) in [6, 6.07) is 0. The Morgan fingerprint density at radius 3 is 2.58 bits per heavy atom. The number of rotatable bonds is 4. The summed E-state index contributed by atoms with van der Waals surface area (Å²) in [5.41, 5.74) is 5.81. The number of ether oxygens (including phenoxy) is 1. The lowest BCUT2D eigenvalue weighted by atomic mass is 9.77. The molecule has 108 valence electrons. The molecular formula is C13H22ClN3O2. The average Bonchev–Trinajstić information content (AvgIpc) is 2.84. The van der Waals surface area contributed by atoms with Crippen molar-refractivity contribution in [1.29, 1.82) is 0 Å². The van der Waals surface area contributed by atoms with Crippen LogP contribution in [0.1, 0.15) is 63.1 Å². The van der Waals surface area contributed by atoms with Crippen LogP contribution in [0.5, 0.6) is 0 Å². The Hall–Kier alpha value is -0.650. The summed E-state index contributed by atoms with van der Waals surface area (Å²) < 4.78 is 11.0. The van der Waals surface area contributed by atoms with Gasteiger partial charge in [-0.1, -0.05) is 24.4 Å². The Morgan fingerprint density at radius 1 is 1.21 bits per heavy atom. The summed E-state index contributed by atoms with van der Waals surface area (Å²) in [7, 11) is 0. The second kappa shape index (κ2) is 6.20. The topological polar surface area (TPSA) is 74.2 Å². The van der Waals surface area contributed by atoms with Crippen molar-refractivity contribution in [2.24, 2.45) is 5.73 Å². The lowest BCUT2D eigenvalue weighted by Crippen LogP contribution is -2.44. The number of hydrogen-bond acceptors (Lipinski definition) is 5. The van der Waals surface area contributed by atoms with Crippen molar-refractivity contribution < 1.29 is 9.26 Å². The third kappa shape index (κ3) is 3.27. The molecule has 0 radical (unpaired) electrons. The standard InChI is InChI=1S/C13H21N3O2.ClH/c14-13(7-4-8-13)12-15-11(18-16-12)9-17-10-5-2-1-3-6-10;/h10H,1-9,14H2;1H. The fourth-order valence-electron chi connectivity index (χ4n) is 2.72. The van der Waals surface area contributed by atoms with Gasteiger partial charge in [0.05, 0.1) is 11.6 Å². The fraction of sp³-hybridized carbons (Fsp3) is 0.846. The summed E-state index contributed by atoms with van der Waals surface area (Å²) in [5.74, 6) is 1.21. The minimum absolute atomic E-state index is 0. The minimum Gasteiger partial charge on any atom is -0.368 e. The second-order valence-electron chi connectivity index (χ2n) is 5.59. The molecule has 1 aromatic heterocycles. The normalized spacial score (nSPS) is 22.6. The van der Waals surface area contributed by atoms with E-state index in [9.17, 15) is 0 Å². The fourth-order valence-corrected chi connectivity index (χ4v) is 2.72. The Labute approximate surface area is 119 Å². The SMILES string of the molecule is Cl.NC1(c2noc(COC3CCCCC3)n2)CCC1. The number of aromatic nitrogens is 2. The van der Waals surface area contributed by atoms with Crippen molar-refractivity contribution in [2.45, 2.75) is 69.6 Å². The molecule has 2 aliphatic carbocycles. The van der Waals surface area contributed by atoms with Crippen LogP contribution in [0.3, 0.4) is 0 Å². The molecule has 1 heterocycles. The monoisotopic (exact) mass is 287 g/mol. The van der Waals surface area contributed by atoms with Crippen molar-refractivity contribution in [1.82, 2.24) is 10.1 Å². The predicted molar refractivity (Wildman–Crippen MR) is 72.9 cm³/mol. The second-order valence-corrected chi connectivity index (χ2v) is 5.59. The van der Waals surface area contributed by atoms with Crippen LogP contribution < -0.4 is 5.73 Å². The lowest BCUT2D eigenvalue weighted by Gasteiger charge is -2.34. The Kier molecular flexibility index (Phi) is 4.81. The number of hydrogen-bond donors (Lipinski definition) is 1. The lowest BCUT2D eigenvalue weighted by molar-refractivity contribution is 0.00462.